The lowest BCUT2D eigenvalue weighted by Crippen LogP contribution is -2.53. The fraction of sp³-hybridized carbons (Fsp3) is 0.471. The van der Waals surface area contributed by atoms with Gasteiger partial charge in [0.05, 0.1) is 42.1 Å². The number of hydrogen-bond acceptors (Lipinski definition) is 4. The molecule has 0 aromatic carbocycles. The summed E-state index contributed by atoms with van der Waals surface area (Å²) in [5.41, 5.74) is 1.45. The topological polar surface area (TPSA) is 80.4 Å². The van der Waals surface area contributed by atoms with Crippen molar-refractivity contribution in [2.24, 2.45) is 7.05 Å². The molecule has 1 aliphatic carbocycles. The molecule has 1 aliphatic heterocycles. The fourth-order valence-electron chi connectivity index (χ4n) is 3.50. The van der Waals surface area contributed by atoms with E-state index in [0.29, 0.717) is 18.4 Å². The Labute approximate surface area is 139 Å². The third kappa shape index (κ3) is 2.60. The zero-order valence-electron chi connectivity index (χ0n) is 13.5. The lowest BCUT2D eigenvalue weighted by molar-refractivity contribution is -0.138. The molecule has 0 unspecified atom stereocenters. The van der Waals surface area contributed by atoms with Crippen LogP contribution < -0.4 is 5.32 Å². The van der Waals surface area contributed by atoms with Crippen molar-refractivity contribution in [2.75, 3.05) is 0 Å². The van der Waals surface area contributed by atoms with Crippen molar-refractivity contribution < 1.29 is 14.0 Å². The molecule has 0 bridgehead atoms. The molecule has 2 aromatic heterocycles. The number of carbonyl (C=O) groups excluding carboxylic acids is 2. The van der Waals surface area contributed by atoms with E-state index in [-0.39, 0.29) is 29.9 Å². The standard InChI is InChI=1S/C17H20N4O3/c1-20-10-18-8-14(20)16-13(19-17(23)11-6-7-24-9-11)4-5-15(22)21(16)12-2-3-12/h6-10,12-13,16H,2-5H2,1H3,(H,19,23)/t13-,16-/m1/s1. The summed E-state index contributed by atoms with van der Waals surface area (Å²) in [7, 11) is 1.92. The van der Waals surface area contributed by atoms with E-state index in [2.05, 4.69) is 10.3 Å². The number of carbonyl (C=O) groups is 2. The molecule has 126 valence electrons. The first-order valence-electron chi connectivity index (χ1n) is 8.25. The van der Waals surface area contributed by atoms with Crippen molar-refractivity contribution in [1.82, 2.24) is 19.8 Å². The van der Waals surface area contributed by atoms with Gasteiger partial charge in [-0.3, -0.25) is 9.59 Å². The second-order valence-corrected chi connectivity index (χ2v) is 6.54. The molecular formula is C17H20N4O3. The van der Waals surface area contributed by atoms with Gasteiger partial charge in [-0.05, 0) is 25.3 Å². The number of aromatic nitrogens is 2. The van der Waals surface area contributed by atoms with E-state index in [1.807, 2.05) is 16.5 Å². The molecule has 1 N–H and O–H groups in total. The van der Waals surface area contributed by atoms with Crippen LogP contribution in [0.1, 0.15) is 47.8 Å². The molecule has 7 heteroatoms. The van der Waals surface area contributed by atoms with Gasteiger partial charge in [0, 0.05) is 19.5 Å². The van der Waals surface area contributed by atoms with Crippen LogP contribution in [0.4, 0.5) is 0 Å². The number of aryl methyl sites for hydroxylation is 1. The minimum atomic E-state index is -0.179. The lowest BCUT2D eigenvalue weighted by Gasteiger charge is -2.41. The number of piperidine rings is 1. The summed E-state index contributed by atoms with van der Waals surface area (Å²) < 4.78 is 6.92. The van der Waals surface area contributed by atoms with E-state index in [1.54, 1.807) is 18.6 Å². The SMILES string of the molecule is Cn1cncc1[C@H]1[C@H](NC(=O)c2ccoc2)CCC(=O)N1C1CC1. The highest BCUT2D eigenvalue weighted by molar-refractivity contribution is 5.94. The highest BCUT2D eigenvalue weighted by Gasteiger charge is 2.45. The maximum atomic E-state index is 12.5. The van der Waals surface area contributed by atoms with Crippen molar-refractivity contribution in [3.05, 3.63) is 42.4 Å². The lowest BCUT2D eigenvalue weighted by atomic mass is 9.92. The van der Waals surface area contributed by atoms with Gasteiger partial charge in [-0.2, -0.15) is 0 Å². The monoisotopic (exact) mass is 328 g/mol. The third-order valence-corrected chi connectivity index (χ3v) is 4.84. The van der Waals surface area contributed by atoms with Gasteiger partial charge in [-0.25, -0.2) is 4.98 Å². The van der Waals surface area contributed by atoms with Crippen molar-refractivity contribution >= 4 is 11.8 Å². The molecule has 24 heavy (non-hydrogen) atoms. The summed E-state index contributed by atoms with van der Waals surface area (Å²) in [6, 6.07) is 1.61. The van der Waals surface area contributed by atoms with Crippen LogP contribution >= 0.6 is 0 Å². The van der Waals surface area contributed by atoms with Crippen LogP contribution in [0.25, 0.3) is 0 Å². The smallest absolute Gasteiger partial charge is 0.254 e. The number of nitrogens with one attached hydrogen (secondary N) is 1. The van der Waals surface area contributed by atoms with Gasteiger partial charge in [0.15, 0.2) is 0 Å². The Morgan fingerprint density at radius 2 is 2.21 bits per heavy atom. The van der Waals surface area contributed by atoms with E-state index in [9.17, 15) is 9.59 Å². The highest BCUT2D eigenvalue weighted by Crippen LogP contribution is 2.40. The molecule has 2 aromatic rings. The van der Waals surface area contributed by atoms with Crippen molar-refractivity contribution in [2.45, 2.75) is 43.8 Å². The number of imidazole rings is 1. The average molecular weight is 328 g/mol. The first-order valence-corrected chi connectivity index (χ1v) is 8.25. The molecule has 0 radical (unpaired) electrons. The molecule has 2 atom stereocenters. The molecule has 0 spiro atoms. The predicted octanol–water partition coefficient (Wildman–Crippen LogP) is 1.64. The molecule has 2 fully saturated rings. The summed E-state index contributed by atoms with van der Waals surface area (Å²) in [6.07, 6.45) is 9.58. The largest absolute Gasteiger partial charge is 0.472 e. The van der Waals surface area contributed by atoms with Crippen LogP contribution in [-0.4, -0.2) is 38.3 Å². The van der Waals surface area contributed by atoms with Crippen molar-refractivity contribution in [3.63, 3.8) is 0 Å². The first kappa shape index (κ1) is 15.0. The van der Waals surface area contributed by atoms with Crippen LogP contribution in [0.3, 0.4) is 0 Å². The molecular weight excluding hydrogens is 308 g/mol. The minimum absolute atomic E-state index is 0.138. The van der Waals surface area contributed by atoms with Crippen LogP contribution in [-0.2, 0) is 11.8 Å². The van der Waals surface area contributed by atoms with Gasteiger partial charge in [0.2, 0.25) is 5.91 Å². The Kier molecular flexibility index (Phi) is 3.63. The molecule has 2 amide bonds. The van der Waals surface area contributed by atoms with Gasteiger partial charge < -0.3 is 19.2 Å². The quantitative estimate of drug-likeness (QED) is 0.925. The van der Waals surface area contributed by atoms with Crippen LogP contribution in [0.2, 0.25) is 0 Å². The highest BCUT2D eigenvalue weighted by atomic mass is 16.3. The summed E-state index contributed by atoms with van der Waals surface area (Å²) in [6.45, 7) is 0. The predicted molar refractivity (Wildman–Crippen MR) is 85.0 cm³/mol. The molecule has 3 heterocycles. The Hall–Kier alpha value is -2.57. The first-order chi connectivity index (χ1) is 11.6. The van der Waals surface area contributed by atoms with Crippen molar-refractivity contribution in [3.8, 4) is 0 Å². The molecule has 1 saturated carbocycles. The van der Waals surface area contributed by atoms with Crippen LogP contribution in [0.5, 0.6) is 0 Å². The van der Waals surface area contributed by atoms with E-state index in [4.69, 9.17) is 4.42 Å². The summed E-state index contributed by atoms with van der Waals surface area (Å²) in [4.78, 5) is 31.1. The average Bonchev–Trinajstić information content (AvgIpc) is 3.07. The third-order valence-electron chi connectivity index (χ3n) is 4.84. The second-order valence-electron chi connectivity index (χ2n) is 6.54. The Morgan fingerprint density at radius 3 is 2.83 bits per heavy atom. The molecule has 1 saturated heterocycles. The zero-order valence-corrected chi connectivity index (χ0v) is 13.5. The maximum absolute atomic E-state index is 12.5. The summed E-state index contributed by atoms with van der Waals surface area (Å²) in [5, 5.41) is 3.09. The zero-order chi connectivity index (χ0) is 16.7. The number of hydrogen-bond donors (Lipinski definition) is 1. The number of likely N-dealkylation sites (tertiary alicyclic amines) is 1. The fourth-order valence-corrected chi connectivity index (χ4v) is 3.50. The van der Waals surface area contributed by atoms with E-state index >= 15 is 0 Å². The summed E-state index contributed by atoms with van der Waals surface area (Å²) >= 11 is 0. The van der Waals surface area contributed by atoms with Crippen LogP contribution in [0, 0.1) is 0 Å². The van der Waals surface area contributed by atoms with Gasteiger partial charge in [-0.15, -0.1) is 0 Å². The van der Waals surface area contributed by atoms with Gasteiger partial charge in [-0.1, -0.05) is 0 Å². The van der Waals surface area contributed by atoms with Gasteiger partial charge in [0.1, 0.15) is 6.26 Å². The van der Waals surface area contributed by atoms with E-state index < -0.39 is 0 Å². The molecule has 2 aliphatic rings. The van der Waals surface area contributed by atoms with Crippen LogP contribution in [0.15, 0.2) is 35.5 Å². The van der Waals surface area contributed by atoms with E-state index in [1.165, 1.54) is 12.5 Å². The Morgan fingerprint density at radius 1 is 1.38 bits per heavy atom. The Bertz CT molecular complexity index is 748. The van der Waals surface area contributed by atoms with Gasteiger partial charge >= 0.3 is 0 Å². The second kappa shape index (κ2) is 5.81. The maximum Gasteiger partial charge on any atom is 0.254 e. The minimum Gasteiger partial charge on any atom is -0.472 e. The van der Waals surface area contributed by atoms with Gasteiger partial charge in [0.25, 0.3) is 5.91 Å². The number of furan rings is 1. The molecule has 7 nitrogen and oxygen atoms in total. The van der Waals surface area contributed by atoms with Crippen molar-refractivity contribution in [1.29, 1.82) is 0 Å². The Balaban J connectivity index is 1.64. The normalized spacial score (nSPS) is 24.2. The number of amides is 2. The van der Waals surface area contributed by atoms with E-state index in [0.717, 1.165) is 18.5 Å². The number of nitrogens with zero attached hydrogens (tertiary/aromatic N) is 3. The summed E-state index contributed by atoms with van der Waals surface area (Å²) in [5.74, 6) is -0.0106. The number of rotatable bonds is 4. The molecule has 4 rings (SSSR count).